The number of nitrogens with zero attached hydrogens (tertiary/aromatic N) is 4. The van der Waals surface area contributed by atoms with Gasteiger partial charge in [0, 0.05) is 23.2 Å². The van der Waals surface area contributed by atoms with Gasteiger partial charge < -0.3 is 15.4 Å². The molecule has 1 aromatic heterocycles. The molecule has 0 bridgehead atoms. The smallest absolute Gasteiger partial charge is 0.406 e. The average molecular weight is 609 g/mol. The molecule has 0 spiro atoms. The SMILES string of the molecule is CCc1ccccc1N1C(=O)CSC1NC(=O)NC1CC1c1ccc(-c2ncn(-c3ccc(OC(F)(F)F)cc3)n2)cc1. The van der Waals surface area contributed by atoms with Crippen molar-refractivity contribution in [1.29, 1.82) is 0 Å². The van der Waals surface area contributed by atoms with Crippen LogP contribution in [-0.4, -0.2) is 50.4 Å². The number of aryl methyl sites for hydroxylation is 1. The second-order valence-electron chi connectivity index (χ2n) is 10.2. The number of alkyl halides is 3. The first-order chi connectivity index (χ1) is 20.7. The van der Waals surface area contributed by atoms with E-state index in [9.17, 15) is 22.8 Å². The summed E-state index contributed by atoms with van der Waals surface area (Å²) in [5, 5.41) is 10.4. The van der Waals surface area contributed by atoms with Gasteiger partial charge in [-0.2, -0.15) is 0 Å². The molecule has 1 saturated heterocycles. The zero-order valence-electron chi connectivity index (χ0n) is 22.9. The number of thioether (sulfide) groups is 1. The Morgan fingerprint density at radius 2 is 1.79 bits per heavy atom. The molecule has 3 unspecified atom stereocenters. The van der Waals surface area contributed by atoms with Gasteiger partial charge in [-0.3, -0.25) is 9.69 Å². The standard InChI is InChI=1S/C30H27F3N6O3S/c1-2-18-5-3-4-6-25(18)39-26(40)16-43-29(39)36-28(41)35-24-15-23(24)19-7-9-20(10-8-19)27-34-17-38(37-27)21-11-13-22(14-12-21)42-30(31,32)33/h3-14,17,23-24,29H,2,15-16H2,1H3,(H2,35,36,41). The fourth-order valence-corrected chi connectivity index (χ4v) is 6.09. The van der Waals surface area contributed by atoms with Crippen LogP contribution >= 0.6 is 11.8 Å². The van der Waals surface area contributed by atoms with Gasteiger partial charge >= 0.3 is 12.4 Å². The number of benzene rings is 3. The average Bonchev–Trinajstić information content (AvgIpc) is 3.39. The van der Waals surface area contributed by atoms with E-state index in [4.69, 9.17) is 0 Å². The van der Waals surface area contributed by atoms with Crippen molar-refractivity contribution in [2.24, 2.45) is 0 Å². The molecule has 0 radical (unpaired) electrons. The highest BCUT2D eigenvalue weighted by Crippen LogP contribution is 2.41. The quantitative estimate of drug-likeness (QED) is 0.270. The van der Waals surface area contributed by atoms with Crippen molar-refractivity contribution >= 4 is 29.4 Å². The largest absolute Gasteiger partial charge is 0.573 e. The lowest BCUT2D eigenvalue weighted by atomic mass is 10.1. The molecule has 4 aromatic rings. The number of amides is 3. The number of hydrogen-bond acceptors (Lipinski definition) is 6. The van der Waals surface area contributed by atoms with E-state index < -0.39 is 11.9 Å². The van der Waals surface area contributed by atoms with E-state index in [-0.39, 0.29) is 29.6 Å². The van der Waals surface area contributed by atoms with E-state index in [2.05, 4.69) is 25.5 Å². The second kappa shape index (κ2) is 11.6. The molecule has 2 fully saturated rings. The lowest BCUT2D eigenvalue weighted by molar-refractivity contribution is -0.274. The summed E-state index contributed by atoms with van der Waals surface area (Å²) in [6.45, 7) is 2.04. The van der Waals surface area contributed by atoms with E-state index in [1.165, 1.54) is 47.0 Å². The molecule has 43 heavy (non-hydrogen) atoms. The summed E-state index contributed by atoms with van der Waals surface area (Å²) < 4.78 is 42.6. The number of ether oxygens (including phenoxy) is 1. The highest BCUT2D eigenvalue weighted by atomic mass is 32.2. The Bertz CT molecular complexity index is 1630. The summed E-state index contributed by atoms with van der Waals surface area (Å²) in [6.07, 6.45) is -1.69. The minimum absolute atomic E-state index is 0.0223. The third-order valence-corrected chi connectivity index (χ3v) is 8.34. The molecule has 3 aromatic carbocycles. The van der Waals surface area contributed by atoms with Crippen LogP contribution in [0.2, 0.25) is 0 Å². The third-order valence-electron chi connectivity index (χ3n) is 7.29. The van der Waals surface area contributed by atoms with E-state index >= 15 is 0 Å². The topological polar surface area (TPSA) is 101 Å². The Morgan fingerprint density at radius 3 is 2.51 bits per heavy atom. The van der Waals surface area contributed by atoms with E-state index in [0.29, 0.717) is 17.3 Å². The highest BCUT2D eigenvalue weighted by Gasteiger charge is 2.41. The number of anilines is 1. The van der Waals surface area contributed by atoms with Crippen molar-refractivity contribution in [2.45, 2.75) is 43.6 Å². The molecule has 2 N–H and O–H groups in total. The van der Waals surface area contributed by atoms with Gasteiger partial charge in [0.05, 0.1) is 11.4 Å². The summed E-state index contributed by atoms with van der Waals surface area (Å²) >= 11 is 1.39. The molecule has 2 heterocycles. The number of nitrogens with one attached hydrogen (secondary N) is 2. The van der Waals surface area contributed by atoms with Crippen LogP contribution in [-0.2, 0) is 11.2 Å². The Balaban J connectivity index is 1.04. The summed E-state index contributed by atoms with van der Waals surface area (Å²) in [7, 11) is 0. The maximum atomic E-state index is 12.9. The molecule has 2 aliphatic rings. The van der Waals surface area contributed by atoms with Crippen LogP contribution in [0.25, 0.3) is 17.1 Å². The molecule has 222 valence electrons. The summed E-state index contributed by atoms with van der Waals surface area (Å²) in [5.74, 6) is 0.581. The number of carbonyl (C=O) groups excluding carboxylic acids is 2. The first-order valence-electron chi connectivity index (χ1n) is 13.7. The molecule has 13 heteroatoms. The lowest BCUT2D eigenvalue weighted by Gasteiger charge is -2.26. The third kappa shape index (κ3) is 6.46. The van der Waals surface area contributed by atoms with Gasteiger partial charge in [-0.05, 0) is 54.3 Å². The summed E-state index contributed by atoms with van der Waals surface area (Å²) in [5.41, 5.74) is 3.77. The van der Waals surface area contributed by atoms with Gasteiger partial charge in [-0.25, -0.2) is 14.5 Å². The van der Waals surface area contributed by atoms with Crippen molar-refractivity contribution in [3.63, 3.8) is 0 Å². The van der Waals surface area contributed by atoms with Crippen LogP contribution in [0.3, 0.4) is 0 Å². The predicted octanol–water partition coefficient (Wildman–Crippen LogP) is 5.61. The van der Waals surface area contributed by atoms with Crippen molar-refractivity contribution in [1.82, 2.24) is 25.4 Å². The molecule has 3 atom stereocenters. The first-order valence-corrected chi connectivity index (χ1v) is 14.7. The van der Waals surface area contributed by atoms with Gasteiger partial charge in [0.1, 0.15) is 12.1 Å². The molecule has 1 saturated carbocycles. The zero-order chi connectivity index (χ0) is 30.1. The van der Waals surface area contributed by atoms with Crippen LogP contribution in [0.15, 0.2) is 79.1 Å². The van der Waals surface area contributed by atoms with Crippen molar-refractivity contribution in [3.05, 3.63) is 90.3 Å². The molecule has 1 aliphatic heterocycles. The zero-order valence-corrected chi connectivity index (χ0v) is 23.7. The highest BCUT2D eigenvalue weighted by molar-refractivity contribution is 8.01. The number of carbonyl (C=O) groups is 2. The first kappa shape index (κ1) is 28.6. The Kier molecular flexibility index (Phi) is 7.74. The van der Waals surface area contributed by atoms with Crippen molar-refractivity contribution < 1.29 is 27.5 Å². The van der Waals surface area contributed by atoms with Crippen LogP contribution in [0.5, 0.6) is 5.75 Å². The number of aromatic nitrogens is 3. The number of hydrogen-bond donors (Lipinski definition) is 2. The summed E-state index contributed by atoms with van der Waals surface area (Å²) in [6, 6.07) is 20.5. The Hall–Kier alpha value is -4.52. The van der Waals surface area contributed by atoms with Crippen LogP contribution in [0, 0.1) is 0 Å². The predicted molar refractivity (Wildman–Crippen MR) is 156 cm³/mol. The Labute approximate surface area is 249 Å². The molecule has 6 rings (SSSR count). The maximum absolute atomic E-state index is 12.9. The fraction of sp³-hybridized carbons (Fsp3) is 0.267. The lowest BCUT2D eigenvalue weighted by Crippen LogP contribution is -2.49. The number of urea groups is 1. The van der Waals surface area contributed by atoms with Gasteiger partial charge in [-0.15, -0.1) is 30.0 Å². The van der Waals surface area contributed by atoms with Gasteiger partial charge in [-0.1, -0.05) is 49.4 Å². The van der Waals surface area contributed by atoms with Gasteiger partial charge in [0.25, 0.3) is 0 Å². The van der Waals surface area contributed by atoms with E-state index in [1.54, 1.807) is 4.90 Å². The van der Waals surface area contributed by atoms with Gasteiger partial charge in [0.15, 0.2) is 11.3 Å². The molecular formula is C30H27F3N6O3S. The minimum Gasteiger partial charge on any atom is -0.406 e. The molecule has 9 nitrogen and oxygen atoms in total. The molecule has 3 amide bonds. The Morgan fingerprint density at radius 1 is 1.05 bits per heavy atom. The second-order valence-corrected chi connectivity index (χ2v) is 11.2. The normalized spacial score (nSPS) is 19.8. The van der Waals surface area contributed by atoms with Gasteiger partial charge in [0.2, 0.25) is 5.91 Å². The minimum atomic E-state index is -4.75. The molecular weight excluding hydrogens is 581 g/mol. The van der Waals surface area contributed by atoms with E-state index in [0.717, 1.165) is 35.2 Å². The van der Waals surface area contributed by atoms with Crippen LogP contribution in [0.4, 0.5) is 23.7 Å². The maximum Gasteiger partial charge on any atom is 0.573 e. The van der Waals surface area contributed by atoms with Crippen LogP contribution in [0.1, 0.15) is 30.4 Å². The van der Waals surface area contributed by atoms with Crippen molar-refractivity contribution in [2.75, 3.05) is 10.7 Å². The van der Waals surface area contributed by atoms with Crippen molar-refractivity contribution in [3.8, 4) is 22.8 Å². The van der Waals surface area contributed by atoms with E-state index in [1.807, 2.05) is 55.5 Å². The number of halogens is 3. The monoisotopic (exact) mass is 608 g/mol. The molecule has 1 aliphatic carbocycles. The van der Waals surface area contributed by atoms with Crippen LogP contribution < -0.4 is 20.3 Å². The number of para-hydroxylation sites is 1. The fourth-order valence-electron chi connectivity index (χ4n) is 5.08. The summed E-state index contributed by atoms with van der Waals surface area (Å²) in [4.78, 5) is 31.5. The number of rotatable bonds is 8.